The Morgan fingerprint density at radius 2 is 2.22 bits per heavy atom. The lowest BCUT2D eigenvalue weighted by Gasteiger charge is -2.24. The summed E-state index contributed by atoms with van der Waals surface area (Å²) in [6, 6.07) is 5.18. The number of methoxy groups -OCH3 is 1. The minimum Gasteiger partial charge on any atom is -0.395 e. The first-order chi connectivity index (χ1) is 8.60. The van der Waals surface area contributed by atoms with Crippen LogP contribution in [0.1, 0.15) is 5.56 Å². The summed E-state index contributed by atoms with van der Waals surface area (Å²) in [5.41, 5.74) is 6.78. The number of hydrogen-bond donors (Lipinski definition) is 3. The van der Waals surface area contributed by atoms with Gasteiger partial charge in [0, 0.05) is 25.8 Å². The average Bonchev–Trinajstić information content (AvgIpc) is 2.34. The largest absolute Gasteiger partial charge is 0.395 e. The van der Waals surface area contributed by atoms with Crippen LogP contribution in [0, 0.1) is 5.41 Å². The van der Waals surface area contributed by atoms with E-state index in [2.05, 4.69) is 0 Å². The maximum Gasteiger partial charge on any atom is 0.122 e. The zero-order valence-corrected chi connectivity index (χ0v) is 11.1. The van der Waals surface area contributed by atoms with E-state index in [1.54, 1.807) is 25.3 Å². The third kappa shape index (κ3) is 3.87. The molecule has 18 heavy (non-hydrogen) atoms. The summed E-state index contributed by atoms with van der Waals surface area (Å²) in [5, 5.41) is 16.9. The van der Waals surface area contributed by atoms with Crippen molar-refractivity contribution in [1.82, 2.24) is 0 Å². The Morgan fingerprint density at radius 1 is 1.50 bits per heavy atom. The molecule has 0 amide bonds. The fourth-order valence-electron chi connectivity index (χ4n) is 1.61. The monoisotopic (exact) mass is 271 g/mol. The second-order valence-electron chi connectivity index (χ2n) is 3.78. The van der Waals surface area contributed by atoms with E-state index in [1.807, 2.05) is 4.90 Å². The summed E-state index contributed by atoms with van der Waals surface area (Å²) in [4.78, 5) is 1.93. The lowest BCUT2D eigenvalue weighted by molar-refractivity contribution is 0.203. The Morgan fingerprint density at radius 3 is 2.72 bits per heavy atom. The second kappa shape index (κ2) is 7.20. The smallest absolute Gasteiger partial charge is 0.122 e. The van der Waals surface area contributed by atoms with Crippen molar-refractivity contribution in [3.63, 3.8) is 0 Å². The number of benzene rings is 1. The summed E-state index contributed by atoms with van der Waals surface area (Å²) >= 11 is 6.17. The third-order valence-corrected chi connectivity index (χ3v) is 2.84. The van der Waals surface area contributed by atoms with Crippen LogP contribution in [0.4, 0.5) is 5.69 Å². The summed E-state index contributed by atoms with van der Waals surface area (Å²) in [5.74, 6) is -0.0194. The van der Waals surface area contributed by atoms with Crippen LogP contribution in [0.3, 0.4) is 0 Å². The number of nitrogens with two attached hydrogens (primary N) is 1. The number of aliphatic hydroxyl groups excluding tert-OH is 1. The fourth-order valence-corrected chi connectivity index (χ4v) is 1.91. The van der Waals surface area contributed by atoms with Crippen molar-refractivity contribution in [1.29, 1.82) is 5.41 Å². The lowest BCUT2D eigenvalue weighted by Crippen LogP contribution is -2.30. The van der Waals surface area contributed by atoms with Crippen LogP contribution >= 0.6 is 11.6 Å². The molecule has 0 radical (unpaired) electrons. The Hall–Kier alpha value is -1.30. The number of anilines is 1. The number of amidine groups is 1. The standard InChI is InChI=1S/C12H18ClN3O2/c1-18-7-5-16(4-6-17)11-3-2-9(12(14)15)8-10(11)13/h2-3,8,17H,4-7H2,1H3,(H3,14,15). The molecule has 1 aromatic carbocycles. The Kier molecular flexibility index (Phi) is 5.91. The molecule has 0 aliphatic carbocycles. The lowest BCUT2D eigenvalue weighted by atomic mass is 10.1. The van der Waals surface area contributed by atoms with E-state index < -0.39 is 0 Å². The minimum atomic E-state index is -0.0194. The zero-order chi connectivity index (χ0) is 13.5. The number of nitrogen functional groups attached to an aromatic ring is 1. The van der Waals surface area contributed by atoms with Gasteiger partial charge < -0.3 is 20.5 Å². The molecule has 0 bridgehead atoms. The number of nitrogens with one attached hydrogen (secondary N) is 1. The van der Waals surface area contributed by atoms with Gasteiger partial charge in [0.2, 0.25) is 0 Å². The van der Waals surface area contributed by atoms with Crippen molar-refractivity contribution >= 4 is 23.1 Å². The maximum absolute atomic E-state index is 9.05. The predicted molar refractivity (Wildman–Crippen MR) is 73.6 cm³/mol. The van der Waals surface area contributed by atoms with E-state index in [4.69, 9.17) is 32.6 Å². The number of hydrogen-bond acceptors (Lipinski definition) is 4. The van der Waals surface area contributed by atoms with Gasteiger partial charge in [-0.1, -0.05) is 11.6 Å². The molecule has 0 fully saturated rings. The van der Waals surface area contributed by atoms with Gasteiger partial charge in [0.25, 0.3) is 0 Å². The van der Waals surface area contributed by atoms with Crippen molar-refractivity contribution in [3.8, 4) is 0 Å². The summed E-state index contributed by atoms with van der Waals surface area (Å²) in [6.07, 6.45) is 0. The first-order valence-electron chi connectivity index (χ1n) is 5.58. The van der Waals surface area contributed by atoms with Gasteiger partial charge in [-0.15, -0.1) is 0 Å². The van der Waals surface area contributed by atoms with Crippen LogP contribution in [0.25, 0.3) is 0 Å². The molecular weight excluding hydrogens is 254 g/mol. The van der Waals surface area contributed by atoms with Gasteiger partial charge in [-0.3, -0.25) is 5.41 Å². The van der Waals surface area contributed by atoms with Gasteiger partial charge in [0.1, 0.15) is 5.84 Å². The third-order valence-electron chi connectivity index (χ3n) is 2.53. The molecule has 0 aliphatic rings. The number of rotatable bonds is 7. The molecule has 1 aromatic rings. The number of aliphatic hydroxyl groups is 1. The molecule has 0 atom stereocenters. The molecular formula is C12H18ClN3O2. The van der Waals surface area contributed by atoms with E-state index in [-0.39, 0.29) is 12.4 Å². The highest BCUT2D eigenvalue weighted by molar-refractivity contribution is 6.33. The van der Waals surface area contributed by atoms with Gasteiger partial charge in [0.15, 0.2) is 0 Å². The summed E-state index contributed by atoms with van der Waals surface area (Å²) in [7, 11) is 1.62. The first kappa shape index (κ1) is 14.8. The van der Waals surface area contributed by atoms with E-state index >= 15 is 0 Å². The van der Waals surface area contributed by atoms with Crippen LogP contribution in [-0.2, 0) is 4.74 Å². The Labute approximate surface area is 112 Å². The van der Waals surface area contributed by atoms with Crippen LogP contribution in [0.2, 0.25) is 5.02 Å². The molecule has 1 rings (SSSR count). The summed E-state index contributed by atoms with van der Waals surface area (Å²) in [6.45, 7) is 1.69. The normalized spacial score (nSPS) is 10.4. The molecule has 0 aromatic heterocycles. The van der Waals surface area contributed by atoms with E-state index in [0.717, 1.165) is 5.69 Å². The van der Waals surface area contributed by atoms with Gasteiger partial charge in [-0.05, 0) is 18.2 Å². The van der Waals surface area contributed by atoms with Gasteiger partial charge in [-0.2, -0.15) is 0 Å². The van der Waals surface area contributed by atoms with Crippen LogP contribution in [-0.4, -0.2) is 44.4 Å². The number of halogens is 1. The summed E-state index contributed by atoms with van der Waals surface area (Å²) < 4.78 is 5.02. The van der Waals surface area contributed by atoms with Crippen LogP contribution in [0.15, 0.2) is 18.2 Å². The highest BCUT2D eigenvalue weighted by atomic mass is 35.5. The fraction of sp³-hybridized carbons (Fsp3) is 0.417. The van der Waals surface area contributed by atoms with Crippen molar-refractivity contribution in [2.75, 3.05) is 38.3 Å². The molecule has 0 heterocycles. The molecule has 5 nitrogen and oxygen atoms in total. The SMILES string of the molecule is COCCN(CCO)c1ccc(C(=N)N)cc1Cl. The van der Waals surface area contributed by atoms with Crippen molar-refractivity contribution < 1.29 is 9.84 Å². The first-order valence-corrected chi connectivity index (χ1v) is 5.96. The highest BCUT2D eigenvalue weighted by Gasteiger charge is 2.11. The topological polar surface area (TPSA) is 82.6 Å². The van der Waals surface area contributed by atoms with Crippen molar-refractivity contribution in [3.05, 3.63) is 28.8 Å². The molecule has 100 valence electrons. The average molecular weight is 272 g/mol. The number of nitrogens with zero attached hydrogens (tertiary/aromatic N) is 1. The van der Waals surface area contributed by atoms with Crippen molar-refractivity contribution in [2.24, 2.45) is 5.73 Å². The van der Waals surface area contributed by atoms with Gasteiger partial charge in [0.05, 0.1) is 23.9 Å². The van der Waals surface area contributed by atoms with E-state index in [0.29, 0.717) is 30.3 Å². The quantitative estimate of drug-likeness (QED) is 0.512. The number of ether oxygens (including phenoxy) is 1. The second-order valence-corrected chi connectivity index (χ2v) is 4.19. The maximum atomic E-state index is 9.05. The van der Waals surface area contributed by atoms with Crippen LogP contribution < -0.4 is 10.6 Å². The molecule has 0 unspecified atom stereocenters. The highest BCUT2D eigenvalue weighted by Crippen LogP contribution is 2.26. The van der Waals surface area contributed by atoms with E-state index in [9.17, 15) is 0 Å². The Bertz CT molecular complexity index is 412. The molecule has 4 N–H and O–H groups in total. The molecule has 0 saturated carbocycles. The Balaban J connectivity index is 2.93. The minimum absolute atomic E-state index is 0.0194. The molecule has 0 aliphatic heterocycles. The zero-order valence-electron chi connectivity index (χ0n) is 10.3. The van der Waals surface area contributed by atoms with E-state index in [1.165, 1.54) is 0 Å². The van der Waals surface area contributed by atoms with Crippen molar-refractivity contribution in [2.45, 2.75) is 0 Å². The molecule has 0 saturated heterocycles. The predicted octanol–water partition coefficient (Wildman–Crippen LogP) is 1.07. The van der Waals surface area contributed by atoms with Gasteiger partial charge in [-0.25, -0.2) is 0 Å². The molecule has 0 spiro atoms. The van der Waals surface area contributed by atoms with Gasteiger partial charge >= 0.3 is 0 Å². The van der Waals surface area contributed by atoms with Crippen LogP contribution in [0.5, 0.6) is 0 Å². The molecule has 6 heteroatoms.